The largest absolute Gasteiger partial charge is 0.468 e. The number of halogens is 7. The Kier molecular flexibility index (Phi) is 8.39. The van der Waals surface area contributed by atoms with Gasteiger partial charge in [0.25, 0.3) is 0 Å². The molecule has 0 amide bonds. The first-order valence-corrected chi connectivity index (χ1v) is 8.44. The second-order valence-electron chi connectivity index (χ2n) is 4.96. The molecule has 0 aromatic heterocycles. The molecule has 0 aliphatic heterocycles. The molecule has 0 aromatic rings. The van der Waals surface area contributed by atoms with Gasteiger partial charge in [0.2, 0.25) is 0 Å². The van der Waals surface area contributed by atoms with Crippen LogP contribution in [-0.2, 0) is 33.9 Å². The van der Waals surface area contributed by atoms with Crippen molar-refractivity contribution in [2.24, 2.45) is 0 Å². The molecule has 16 heteroatoms. The van der Waals surface area contributed by atoms with Gasteiger partial charge in [-0.15, -0.1) is 0 Å². The molecular weight excluding hydrogens is 449 g/mol. The lowest BCUT2D eigenvalue weighted by atomic mass is 10.2. The molecular formula is C13H13F7O8S. The number of rotatable bonds is 11. The van der Waals surface area contributed by atoms with Gasteiger partial charge >= 0.3 is 45.2 Å². The summed E-state index contributed by atoms with van der Waals surface area (Å²) in [6.07, 6.45) is -8.99. The van der Waals surface area contributed by atoms with E-state index in [1.807, 2.05) is 0 Å². The van der Waals surface area contributed by atoms with Gasteiger partial charge < -0.3 is 14.2 Å². The van der Waals surface area contributed by atoms with Crippen LogP contribution in [0.2, 0.25) is 0 Å². The minimum atomic E-state index is -6.56. The highest BCUT2D eigenvalue weighted by molar-refractivity contribution is 7.87. The molecule has 1 N–H and O–H groups in total. The average molecular weight is 462 g/mol. The Balaban J connectivity index is 5.59. The van der Waals surface area contributed by atoms with Crippen LogP contribution in [0.4, 0.5) is 30.7 Å². The topological polar surface area (TPSA) is 116 Å². The molecule has 0 spiro atoms. The zero-order valence-corrected chi connectivity index (χ0v) is 14.9. The van der Waals surface area contributed by atoms with Gasteiger partial charge in [0.15, 0.2) is 0 Å². The van der Waals surface area contributed by atoms with Gasteiger partial charge in [0.05, 0.1) is 12.9 Å². The summed E-state index contributed by atoms with van der Waals surface area (Å²) in [6, 6.07) is 0. The van der Waals surface area contributed by atoms with Crippen LogP contribution >= 0.6 is 0 Å². The third-order valence-electron chi connectivity index (χ3n) is 2.93. The van der Waals surface area contributed by atoms with Crippen molar-refractivity contribution in [3.8, 4) is 0 Å². The molecule has 0 radical (unpaired) electrons. The summed E-state index contributed by atoms with van der Waals surface area (Å²) in [7, 11) is -6.56. The highest BCUT2D eigenvalue weighted by Gasteiger charge is 2.68. The summed E-state index contributed by atoms with van der Waals surface area (Å²) < 4.78 is 133. The fourth-order valence-corrected chi connectivity index (χ4v) is 2.05. The number of ether oxygens (including phenoxy) is 3. The first-order valence-electron chi connectivity index (χ1n) is 7.00. The Morgan fingerprint density at radius 2 is 1.55 bits per heavy atom. The van der Waals surface area contributed by atoms with Crippen molar-refractivity contribution < 1.29 is 67.5 Å². The minimum absolute atomic E-state index is 0.186. The number of carbonyl (C=O) groups excluding carboxylic acids is 2. The molecule has 0 bridgehead atoms. The predicted molar refractivity (Wildman–Crippen MR) is 78.0 cm³/mol. The molecule has 0 fully saturated rings. The first kappa shape index (κ1) is 26.8. The third kappa shape index (κ3) is 5.89. The third-order valence-corrected chi connectivity index (χ3v) is 3.88. The number of esters is 2. The minimum Gasteiger partial charge on any atom is -0.430 e. The molecule has 0 rings (SSSR count). The average Bonchev–Trinajstić information content (AvgIpc) is 2.55. The number of hydrogen-bond acceptors (Lipinski definition) is 7. The van der Waals surface area contributed by atoms with Crippen LogP contribution in [0.15, 0.2) is 25.5 Å². The van der Waals surface area contributed by atoms with E-state index >= 15 is 0 Å². The number of carbonyl (C=O) groups is 2. The van der Waals surface area contributed by atoms with E-state index in [0.29, 0.717) is 0 Å². The Morgan fingerprint density at radius 3 is 1.93 bits per heavy atom. The fourth-order valence-electron chi connectivity index (χ4n) is 1.57. The molecule has 0 aliphatic carbocycles. The zero-order chi connectivity index (χ0) is 23.3. The second kappa shape index (κ2) is 9.08. The molecule has 0 aliphatic rings. The molecule has 8 nitrogen and oxygen atoms in total. The SMILES string of the molecule is C=COC(=O)C(OCCCC(F)(F)C(F)(F)S(=O)(=O)O)(OC(=O)C=C)C(F)(F)F. The predicted octanol–water partition coefficient (Wildman–Crippen LogP) is 2.57. The summed E-state index contributed by atoms with van der Waals surface area (Å²) in [4.78, 5) is 22.8. The van der Waals surface area contributed by atoms with Crippen LogP contribution in [0.1, 0.15) is 12.8 Å². The Hall–Kier alpha value is -2.20. The summed E-state index contributed by atoms with van der Waals surface area (Å²) in [5.41, 5.74) is 0. The molecule has 0 saturated heterocycles. The Bertz CT molecular complexity index is 747. The summed E-state index contributed by atoms with van der Waals surface area (Å²) in [6.45, 7) is 3.99. The van der Waals surface area contributed by atoms with Crippen LogP contribution in [0, 0.1) is 0 Å². The van der Waals surface area contributed by atoms with Gasteiger partial charge in [0.1, 0.15) is 0 Å². The molecule has 0 aromatic carbocycles. The summed E-state index contributed by atoms with van der Waals surface area (Å²) in [5.74, 6) is -14.2. The summed E-state index contributed by atoms with van der Waals surface area (Å²) in [5, 5.41) is -5.96. The van der Waals surface area contributed by atoms with Crippen molar-refractivity contribution in [3.63, 3.8) is 0 Å². The summed E-state index contributed by atoms with van der Waals surface area (Å²) >= 11 is 0. The Morgan fingerprint density at radius 1 is 1.03 bits per heavy atom. The lowest BCUT2D eigenvalue weighted by molar-refractivity contribution is -0.353. The van der Waals surface area contributed by atoms with E-state index in [4.69, 9.17) is 4.55 Å². The van der Waals surface area contributed by atoms with Crippen molar-refractivity contribution in [3.05, 3.63) is 25.5 Å². The van der Waals surface area contributed by atoms with Crippen LogP contribution in [0.3, 0.4) is 0 Å². The molecule has 0 saturated carbocycles. The van der Waals surface area contributed by atoms with Crippen molar-refractivity contribution in [1.29, 1.82) is 0 Å². The van der Waals surface area contributed by atoms with E-state index in [0.717, 1.165) is 0 Å². The van der Waals surface area contributed by atoms with Crippen LogP contribution in [0.5, 0.6) is 0 Å². The lowest BCUT2D eigenvalue weighted by Crippen LogP contribution is -2.58. The number of hydrogen-bond donors (Lipinski definition) is 1. The molecule has 29 heavy (non-hydrogen) atoms. The zero-order valence-electron chi connectivity index (χ0n) is 14.0. The van der Waals surface area contributed by atoms with Crippen molar-refractivity contribution in [2.75, 3.05) is 6.61 Å². The van der Waals surface area contributed by atoms with Crippen molar-refractivity contribution in [1.82, 2.24) is 0 Å². The maximum Gasteiger partial charge on any atom is 0.468 e. The van der Waals surface area contributed by atoms with Crippen LogP contribution in [0.25, 0.3) is 0 Å². The highest BCUT2D eigenvalue weighted by atomic mass is 32.2. The van der Waals surface area contributed by atoms with Gasteiger partial charge in [-0.25, -0.2) is 9.59 Å². The fraction of sp³-hybridized carbons (Fsp3) is 0.538. The van der Waals surface area contributed by atoms with E-state index < -0.39 is 64.6 Å². The van der Waals surface area contributed by atoms with E-state index in [9.17, 15) is 48.7 Å². The van der Waals surface area contributed by atoms with Crippen LogP contribution < -0.4 is 0 Å². The van der Waals surface area contributed by atoms with Gasteiger partial charge in [-0.1, -0.05) is 13.2 Å². The van der Waals surface area contributed by atoms with Crippen molar-refractivity contribution in [2.45, 2.75) is 36.0 Å². The highest BCUT2D eigenvalue weighted by Crippen LogP contribution is 2.42. The van der Waals surface area contributed by atoms with Crippen molar-refractivity contribution >= 4 is 22.1 Å². The van der Waals surface area contributed by atoms with Gasteiger partial charge in [-0.05, 0) is 6.42 Å². The lowest BCUT2D eigenvalue weighted by Gasteiger charge is -2.31. The van der Waals surface area contributed by atoms with E-state index in [-0.39, 0.29) is 12.3 Å². The number of alkyl halides is 7. The van der Waals surface area contributed by atoms with Crippen LogP contribution in [-0.4, -0.2) is 54.7 Å². The maximum atomic E-state index is 13.3. The van der Waals surface area contributed by atoms with Gasteiger partial charge in [-0.3, -0.25) is 4.55 Å². The molecule has 168 valence electrons. The Labute approximate surface area is 158 Å². The maximum absolute atomic E-state index is 13.3. The molecule has 1 unspecified atom stereocenters. The van der Waals surface area contributed by atoms with E-state index in [2.05, 4.69) is 27.4 Å². The van der Waals surface area contributed by atoms with Gasteiger partial charge in [0, 0.05) is 12.5 Å². The monoisotopic (exact) mass is 462 g/mol. The van der Waals surface area contributed by atoms with E-state index in [1.165, 1.54) is 0 Å². The quantitative estimate of drug-likeness (QED) is 0.0948. The van der Waals surface area contributed by atoms with E-state index in [1.54, 1.807) is 0 Å². The second-order valence-corrected chi connectivity index (χ2v) is 6.42. The smallest absolute Gasteiger partial charge is 0.430 e. The standard InChI is InChI=1S/C13H13F7O8S/c1-3-8(21)28-11(12(16,17)18,9(22)26-4-2)27-7-5-6-10(14,15)13(19,20)29(23,24)25/h3-4H,1-2,5-7H2,(H,23,24,25). The normalized spacial score (nSPS) is 15.2. The molecule has 1 atom stereocenters. The molecule has 0 heterocycles. The van der Waals surface area contributed by atoms with Gasteiger partial charge in [-0.2, -0.15) is 39.2 Å². The first-order chi connectivity index (χ1) is 12.9.